The fraction of sp³-hybridized carbons (Fsp3) is 0.444. The Morgan fingerprint density at radius 2 is 2.11 bits per heavy atom. The smallest absolute Gasteiger partial charge is 0.395 e. The van der Waals surface area contributed by atoms with E-state index in [0.29, 0.717) is 4.90 Å². The number of aliphatic hydroxyl groups is 1. The maximum Gasteiger partial charge on any atom is 0.406 e. The zero-order valence-electron chi connectivity index (χ0n) is 9.68. The summed E-state index contributed by atoms with van der Waals surface area (Å²) in [7, 11) is 0. The van der Waals surface area contributed by atoms with Crippen molar-refractivity contribution in [3.05, 3.63) is 17.8 Å². The van der Waals surface area contributed by atoms with E-state index in [1.54, 1.807) is 0 Å². The van der Waals surface area contributed by atoms with E-state index in [4.69, 9.17) is 10.9 Å². The molecule has 4 N–H and O–H groups in total. The quantitative estimate of drug-likeness (QED) is 0.507. The van der Waals surface area contributed by atoms with Crippen LogP contribution >= 0.6 is 0 Å². The van der Waals surface area contributed by atoms with Gasteiger partial charge in [0.1, 0.15) is 6.54 Å². The van der Waals surface area contributed by atoms with E-state index in [0.717, 1.165) is 0 Å². The van der Waals surface area contributed by atoms with Crippen LogP contribution in [0, 0.1) is 0 Å². The number of nitrogen functional groups attached to an aromatic ring is 1. The number of carbonyl (C=O) groups is 1. The largest absolute Gasteiger partial charge is 0.406 e. The number of hydrazine groups is 1. The highest BCUT2D eigenvalue weighted by molar-refractivity contribution is 5.92. The number of rotatable bonds is 5. The van der Waals surface area contributed by atoms with Crippen LogP contribution in [0.15, 0.2) is 12.1 Å². The lowest BCUT2D eigenvalue weighted by atomic mass is 10.3. The Morgan fingerprint density at radius 3 is 2.53 bits per heavy atom. The van der Waals surface area contributed by atoms with Gasteiger partial charge in [-0.1, -0.05) is 0 Å². The van der Waals surface area contributed by atoms with Gasteiger partial charge in [-0.3, -0.25) is 4.79 Å². The standard InChI is InChI=1S/C9H12F3N5O2/c10-9(11,12)5-17(3-4-18)8(19)6-1-2-7(14-13)16-15-6/h1-2,18H,3-5,13H2,(H,14,16). The topological polar surface area (TPSA) is 104 Å². The van der Waals surface area contributed by atoms with E-state index in [2.05, 4.69) is 15.6 Å². The molecule has 1 rings (SSSR count). The number of hydrogen-bond acceptors (Lipinski definition) is 6. The summed E-state index contributed by atoms with van der Waals surface area (Å²) in [4.78, 5) is 12.2. The predicted octanol–water partition coefficient (Wildman–Crippen LogP) is -0.241. The summed E-state index contributed by atoms with van der Waals surface area (Å²) >= 11 is 0. The number of alkyl halides is 3. The molecular weight excluding hydrogens is 267 g/mol. The molecule has 7 nitrogen and oxygen atoms in total. The van der Waals surface area contributed by atoms with Crippen molar-refractivity contribution in [3.8, 4) is 0 Å². The first-order valence-electron chi connectivity index (χ1n) is 5.14. The van der Waals surface area contributed by atoms with Gasteiger partial charge in [-0.25, -0.2) is 5.84 Å². The monoisotopic (exact) mass is 279 g/mol. The molecular formula is C9H12F3N5O2. The van der Waals surface area contributed by atoms with Crippen molar-refractivity contribution in [2.75, 3.05) is 25.1 Å². The SMILES string of the molecule is NNc1ccc(C(=O)N(CCO)CC(F)(F)F)nn1. The summed E-state index contributed by atoms with van der Waals surface area (Å²) in [5, 5.41) is 15.6. The van der Waals surface area contributed by atoms with Crippen molar-refractivity contribution in [3.63, 3.8) is 0 Å². The molecule has 0 fully saturated rings. The van der Waals surface area contributed by atoms with Crippen molar-refractivity contribution < 1.29 is 23.1 Å². The van der Waals surface area contributed by atoms with Gasteiger partial charge in [-0.05, 0) is 12.1 Å². The summed E-state index contributed by atoms with van der Waals surface area (Å²) in [5.41, 5.74) is 1.90. The molecule has 0 unspecified atom stereocenters. The number of amides is 1. The molecule has 0 spiro atoms. The van der Waals surface area contributed by atoms with Gasteiger partial charge >= 0.3 is 6.18 Å². The average Bonchev–Trinajstić information content (AvgIpc) is 2.36. The van der Waals surface area contributed by atoms with Crippen molar-refractivity contribution in [1.29, 1.82) is 0 Å². The molecule has 1 aromatic heterocycles. The van der Waals surface area contributed by atoms with Gasteiger partial charge < -0.3 is 15.4 Å². The van der Waals surface area contributed by atoms with Crippen LogP contribution in [0.4, 0.5) is 19.0 Å². The van der Waals surface area contributed by atoms with Crippen LogP contribution in [0.1, 0.15) is 10.5 Å². The summed E-state index contributed by atoms with van der Waals surface area (Å²) in [5.74, 6) is 4.23. The van der Waals surface area contributed by atoms with Gasteiger partial charge in [-0.15, -0.1) is 10.2 Å². The van der Waals surface area contributed by atoms with Crippen LogP contribution in [-0.4, -0.2) is 52.0 Å². The van der Waals surface area contributed by atoms with E-state index < -0.39 is 31.8 Å². The van der Waals surface area contributed by atoms with Crippen molar-refractivity contribution in [2.45, 2.75) is 6.18 Å². The Hall–Kier alpha value is -1.94. The molecule has 0 aliphatic heterocycles. The third-order valence-corrected chi connectivity index (χ3v) is 2.06. The summed E-state index contributed by atoms with van der Waals surface area (Å²) < 4.78 is 36.9. The molecule has 10 heteroatoms. The normalized spacial score (nSPS) is 11.2. The molecule has 0 atom stereocenters. The second-order valence-corrected chi connectivity index (χ2v) is 3.51. The van der Waals surface area contributed by atoms with Crippen LogP contribution in [0.5, 0.6) is 0 Å². The first-order valence-corrected chi connectivity index (χ1v) is 5.14. The number of nitrogens with zero attached hydrogens (tertiary/aromatic N) is 3. The number of hydrogen-bond donors (Lipinski definition) is 3. The molecule has 1 aromatic rings. The molecule has 0 bridgehead atoms. The molecule has 1 amide bonds. The van der Waals surface area contributed by atoms with E-state index in [-0.39, 0.29) is 11.5 Å². The van der Waals surface area contributed by atoms with E-state index in [1.807, 2.05) is 0 Å². The Morgan fingerprint density at radius 1 is 1.42 bits per heavy atom. The minimum Gasteiger partial charge on any atom is -0.395 e. The van der Waals surface area contributed by atoms with E-state index in [1.165, 1.54) is 12.1 Å². The van der Waals surface area contributed by atoms with Gasteiger partial charge in [0, 0.05) is 6.54 Å². The van der Waals surface area contributed by atoms with Crippen LogP contribution in [0.25, 0.3) is 0 Å². The fourth-order valence-corrected chi connectivity index (χ4v) is 1.27. The van der Waals surface area contributed by atoms with Gasteiger partial charge in [0.2, 0.25) is 0 Å². The van der Waals surface area contributed by atoms with Crippen LogP contribution < -0.4 is 11.3 Å². The third kappa shape index (κ3) is 4.67. The number of nitrogens with two attached hydrogens (primary N) is 1. The highest BCUT2D eigenvalue weighted by atomic mass is 19.4. The van der Waals surface area contributed by atoms with Gasteiger partial charge in [-0.2, -0.15) is 13.2 Å². The first kappa shape index (κ1) is 15.1. The van der Waals surface area contributed by atoms with Crippen LogP contribution in [0.3, 0.4) is 0 Å². The molecule has 19 heavy (non-hydrogen) atoms. The molecule has 1 heterocycles. The second kappa shape index (κ2) is 6.29. The van der Waals surface area contributed by atoms with Crippen molar-refractivity contribution >= 4 is 11.7 Å². The molecule has 0 aliphatic carbocycles. The van der Waals surface area contributed by atoms with Gasteiger partial charge in [0.05, 0.1) is 6.61 Å². The molecule has 106 valence electrons. The maximum atomic E-state index is 12.3. The zero-order chi connectivity index (χ0) is 14.5. The number of halogens is 3. The van der Waals surface area contributed by atoms with Crippen molar-refractivity contribution in [2.24, 2.45) is 5.84 Å². The number of carbonyl (C=O) groups excluding carboxylic acids is 1. The predicted molar refractivity (Wildman–Crippen MR) is 58.9 cm³/mol. The molecule has 0 radical (unpaired) electrons. The highest BCUT2D eigenvalue weighted by Gasteiger charge is 2.33. The number of anilines is 1. The minimum absolute atomic E-state index is 0.168. The Labute approximate surface area is 106 Å². The highest BCUT2D eigenvalue weighted by Crippen LogP contribution is 2.17. The lowest BCUT2D eigenvalue weighted by Crippen LogP contribution is -2.41. The van der Waals surface area contributed by atoms with Crippen LogP contribution in [0.2, 0.25) is 0 Å². The third-order valence-electron chi connectivity index (χ3n) is 2.06. The number of aliphatic hydroxyl groups excluding tert-OH is 1. The number of aromatic nitrogens is 2. The van der Waals surface area contributed by atoms with Gasteiger partial charge in [0.25, 0.3) is 5.91 Å². The van der Waals surface area contributed by atoms with E-state index in [9.17, 15) is 18.0 Å². The lowest BCUT2D eigenvalue weighted by molar-refractivity contribution is -0.141. The van der Waals surface area contributed by atoms with Crippen LogP contribution in [-0.2, 0) is 0 Å². The summed E-state index contributed by atoms with van der Waals surface area (Å²) in [6, 6.07) is 2.48. The summed E-state index contributed by atoms with van der Waals surface area (Å²) in [6.45, 7) is -2.50. The maximum absolute atomic E-state index is 12.3. The molecule has 0 aromatic carbocycles. The van der Waals surface area contributed by atoms with Crippen molar-refractivity contribution in [1.82, 2.24) is 15.1 Å². The molecule has 0 aliphatic rings. The minimum atomic E-state index is -4.56. The Kier molecular flexibility index (Phi) is 5.01. The Balaban J connectivity index is 2.85. The summed E-state index contributed by atoms with van der Waals surface area (Å²) in [6.07, 6.45) is -4.56. The lowest BCUT2D eigenvalue weighted by Gasteiger charge is -2.22. The van der Waals surface area contributed by atoms with E-state index >= 15 is 0 Å². The fourth-order valence-electron chi connectivity index (χ4n) is 1.27. The zero-order valence-corrected chi connectivity index (χ0v) is 9.68. The second-order valence-electron chi connectivity index (χ2n) is 3.51. The average molecular weight is 279 g/mol. The number of nitrogens with one attached hydrogen (secondary N) is 1. The molecule has 0 saturated heterocycles. The first-order chi connectivity index (χ1) is 8.87. The Bertz CT molecular complexity index is 423. The molecule has 0 saturated carbocycles. The van der Waals surface area contributed by atoms with Gasteiger partial charge in [0.15, 0.2) is 11.5 Å².